The fourth-order valence-corrected chi connectivity index (χ4v) is 1.56. The fourth-order valence-electron chi connectivity index (χ4n) is 0.639. The molecule has 0 aromatic carbocycles. The van der Waals surface area contributed by atoms with Crippen LogP contribution in [-0.2, 0) is 21.3 Å². The van der Waals surface area contributed by atoms with Crippen LogP contribution in [0.4, 0.5) is 0 Å². The van der Waals surface area contributed by atoms with Crippen LogP contribution in [0.15, 0.2) is 0 Å². The van der Waals surface area contributed by atoms with E-state index in [0.29, 0.717) is 6.61 Å². The van der Waals surface area contributed by atoms with Crippen LogP contribution in [0.3, 0.4) is 0 Å². The van der Waals surface area contributed by atoms with Crippen molar-refractivity contribution in [1.29, 1.82) is 0 Å². The van der Waals surface area contributed by atoms with Gasteiger partial charge in [-0.05, 0) is 26.3 Å². The van der Waals surface area contributed by atoms with E-state index in [9.17, 15) is 4.79 Å². The molecule has 0 radical (unpaired) electrons. The van der Waals surface area contributed by atoms with Gasteiger partial charge in [0.15, 0.2) is 0 Å². The van der Waals surface area contributed by atoms with Crippen LogP contribution in [0, 0.1) is 0 Å². The van der Waals surface area contributed by atoms with E-state index in [0.717, 1.165) is 6.29 Å². The topological polar surface area (TPSA) is 38.3 Å². The van der Waals surface area contributed by atoms with E-state index in [1.165, 1.54) is 0 Å². The predicted molar refractivity (Wildman–Crippen MR) is 55.6 cm³/mol. The third kappa shape index (κ3) is 8.18. The predicted octanol–water partition coefficient (Wildman–Crippen LogP) is 0.836. The van der Waals surface area contributed by atoms with Crippen molar-refractivity contribution >= 4 is 23.8 Å². The standard InChI is InChI=1S/C7H16NO2PS/c1-4-10-7(9)5-8-6-11(2,3)12/h8H,4-6H2,1-3H3. The van der Waals surface area contributed by atoms with Gasteiger partial charge in [-0.15, -0.1) is 0 Å². The van der Waals surface area contributed by atoms with Gasteiger partial charge in [0, 0.05) is 6.29 Å². The van der Waals surface area contributed by atoms with Crippen molar-refractivity contribution in [2.75, 3.05) is 32.8 Å². The summed E-state index contributed by atoms with van der Waals surface area (Å²) in [5, 5.41) is 2.98. The maximum absolute atomic E-state index is 10.8. The molecule has 0 rings (SSSR count). The smallest absolute Gasteiger partial charge is 0.319 e. The van der Waals surface area contributed by atoms with E-state index < -0.39 is 6.04 Å². The summed E-state index contributed by atoms with van der Waals surface area (Å²) in [6, 6.07) is -1.23. The largest absolute Gasteiger partial charge is 0.465 e. The lowest BCUT2D eigenvalue weighted by Crippen LogP contribution is -2.25. The minimum atomic E-state index is -1.23. The fraction of sp³-hybridized carbons (Fsp3) is 0.857. The Bertz CT molecular complexity index is 190. The van der Waals surface area contributed by atoms with E-state index in [1.54, 1.807) is 6.92 Å². The monoisotopic (exact) mass is 209 g/mol. The highest BCUT2D eigenvalue weighted by Crippen LogP contribution is 2.33. The zero-order valence-corrected chi connectivity index (χ0v) is 9.50. The van der Waals surface area contributed by atoms with Gasteiger partial charge in [-0.1, -0.05) is 11.8 Å². The van der Waals surface area contributed by atoms with Crippen LogP contribution in [0.1, 0.15) is 6.92 Å². The normalized spacial score (nSPS) is 11.2. The Morgan fingerprint density at radius 2 is 2.17 bits per heavy atom. The summed E-state index contributed by atoms with van der Waals surface area (Å²) in [6.45, 7) is 6.59. The van der Waals surface area contributed by atoms with Crippen molar-refractivity contribution in [2.24, 2.45) is 0 Å². The molecular formula is C7H16NO2PS. The third-order valence-corrected chi connectivity index (χ3v) is 2.44. The minimum absolute atomic E-state index is 0.207. The van der Waals surface area contributed by atoms with E-state index >= 15 is 0 Å². The van der Waals surface area contributed by atoms with E-state index in [4.69, 9.17) is 16.5 Å². The summed E-state index contributed by atoms with van der Waals surface area (Å²) >= 11 is 5.20. The van der Waals surface area contributed by atoms with E-state index in [1.807, 2.05) is 13.3 Å². The van der Waals surface area contributed by atoms with Crippen LogP contribution in [-0.4, -0.2) is 38.7 Å². The summed E-state index contributed by atoms with van der Waals surface area (Å²) < 4.78 is 4.73. The lowest BCUT2D eigenvalue weighted by atomic mass is 10.6. The maximum Gasteiger partial charge on any atom is 0.319 e. The summed E-state index contributed by atoms with van der Waals surface area (Å²) in [5.41, 5.74) is 0. The number of hydrogen-bond donors (Lipinski definition) is 1. The summed E-state index contributed by atoms with van der Waals surface area (Å²) in [5.74, 6) is -0.207. The third-order valence-electron chi connectivity index (χ3n) is 1.07. The molecule has 0 saturated carbocycles. The number of rotatable bonds is 5. The number of nitrogens with one attached hydrogen (secondary N) is 1. The van der Waals surface area contributed by atoms with Crippen molar-refractivity contribution in [3.63, 3.8) is 0 Å². The van der Waals surface area contributed by atoms with Gasteiger partial charge in [0.2, 0.25) is 0 Å². The molecule has 0 unspecified atom stereocenters. The Balaban J connectivity index is 3.44. The molecule has 0 aliphatic carbocycles. The van der Waals surface area contributed by atoms with Gasteiger partial charge in [-0.2, -0.15) is 0 Å². The molecule has 0 atom stereocenters. The molecule has 0 bridgehead atoms. The highest BCUT2D eigenvalue weighted by molar-refractivity contribution is 8.13. The van der Waals surface area contributed by atoms with Crippen molar-refractivity contribution in [1.82, 2.24) is 5.32 Å². The molecule has 0 aliphatic rings. The summed E-state index contributed by atoms with van der Waals surface area (Å²) in [4.78, 5) is 10.8. The number of carbonyl (C=O) groups excluding carboxylic acids is 1. The first kappa shape index (κ1) is 12.1. The molecule has 0 aromatic rings. The lowest BCUT2D eigenvalue weighted by molar-refractivity contribution is -0.141. The molecule has 0 fully saturated rings. The first-order chi connectivity index (χ1) is 5.45. The summed E-state index contributed by atoms with van der Waals surface area (Å²) in [6.07, 6.45) is 0.751. The molecule has 3 nitrogen and oxygen atoms in total. The molecule has 72 valence electrons. The first-order valence-corrected chi connectivity index (χ1v) is 7.74. The van der Waals surface area contributed by atoms with Crippen molar-refractivity contribution in [3.8, 4) is 0 Å². The van der Waals surface area contributed by atoms with Crippen LogP contribution >= 0.6 is 6.04 Å². The Labute approximate surface area is 78.9 Å². The zero-order chi connectivity index (χ0) is 9.61. The maximum atomic E-state index is 10.8. The van der Waals surface area contributed by atoms with Crippen LogP contribution < -0.4 is 5.32 Å². The van der Waals surface area contributed by atoms with E-state index in [2.05, 4.69) is 5.32 Å². The first-order valence-electron chi connectivity index (χ1n) is 3.86. The van der Waals surface area contributed by atoms with Gasteiger partial charge in [0.25, 0.3) is 0 Å². The second kappa shape index (κ2) is 5.68. The lowest BCUT2D eigenvalue weighted by Gasteiger charge is -2.10. The van der Waals surface area contributed by atoms with Gasteiger partial charge in [0.1, 0.15) is 0 Å². The van der Waals surface area contributed by atoms with Gasteiger partial charge in [-0.3, -0.25) is 4.79 Å². The Morgan fingerprint density at radius 3 is 2.58 bits per heavy atom. The quantitative estimate of drug-likeness (QED) is 0.538. The van der Waals surface area contributed by atoms with Crippen molar-refractivity contribution in [3.05, 3.63) is 0 Å². The Kier molecular flexibility index (Phi) is 5.72. The molecule has 5 heteroatoms. The van der Waals surface area contributed by atoms with E-state index in [-0.39, 0.29) is 12.5 Å². The molecule has 1 N–H and O–H groups in total. The molecule has 0 aliphatic heterocycles. The SMILES string of the molecule is CCOC(=O)CNCP(C)(C)=S. The molecular weight excluding hydrogens is 193 g/mol. The highest BCUT2D eigenvalue weighted by atomic mass is 32.4. The van der Waals surface area contributed by atoms with Crippen LogP contribution in [0.25, 0.3) is 0 Å². The number of carbonyl (C=O) groups is 1. The molecule has 0 heterocycles. The second-order valence-corrected chi connectivity index (χ2v) is 9.39. The Hall–Kier alpha value is 0.0800. The number of ether oxygens (including phenoxy) is 1. The van der Waals surface area contributed by atoms with Crippen LogP contribution in [0.5, 0.6) is 0 Å². The highest BCUT2D eigenvalue weighted by Gasteiger charge is 2.04. The minimum Gasteiger partial charge on any atom is -0.465 e. The average Bonchev–Trinajstić information content (AvgIpc) is 1.84. The van der Waals surface area contributed by atoms with Crippen molar-refractivity contribution in [2.45, 2.75) is 6.92 Å². The van der Waals surface area contributed by atoms with Gasteiger partial charge in [0.05, 0.1) is 13.2 Å². The molecule has 0 spiro atoms. The molecule has 0 aromatic heterocycles. The molecule has 0 saturated heterocycles. The number of esters is 1. The second-order valence-electron chi connectivity index (χ2n) is 2.96. The molecule has 0 amide bonds. The van der Waals surface area contributed by atoms with Gasteiger partial charge < -0.3 is 10.1 Å². The zero-order valence-electron chi connectivity index (χ0n) is 7.79. The summed E-state index contributed by atoms with van der Waals surface area (Å²) in [7, 11) is 0. The molecule has 12 heavy (non-hydrogen) atoms. The average molecular weight is 209 g/mol. The number of hydrogen-bond acceptors (Lipinski definition) is 4. The van der Waals surface area contributed by atoms with Gasteiger partial charge in [-0.25, -0.2) is 0 Å². The van der Waals surface area contributed by atoms with Gasteiger partial charge >= 0.3 is 5.97 Å². The van der Waals surface area contributed by atoms with Crippen molar-refractivity contribution < 1.29 is 9.53 Å². The Morgan fingerprint density at radius 1 is 1.58 bits per heavy atom. The van der Waals surface area contributed by atoms with Crippen LogP contribution in [0.2, 0.25) is 0 Å².